The van der Waals surface area contributed by atoms with Crippen molar-refractivity contribution in [3.8, 4) is 22.4 Å². The fourth-order valence-corrected chi connectivity index (χ4v) is 3.85. The maximum absolute atomic E-state index is 14.0. The first-order valence-electron chi connectivity index (χ1n) is 8.61. The van der Waals surface area contributed by atoms with Gasteiger partial charge in [-0.1, -0.05) is 48.5 Å². The van der Waals surface area contributed by atoms with Crippen LogP contribution in [0, 0.1) is 0 Å². The monoisotopic (exact) mass is 425 g/mol. The van der Waals surface area contributed by atoms with Gasteiger partial charge in [0.25, 0.3) is 0 Å². The Morgan fingerprint density at radius 1 is 1.03 bits per heavy atom. The molecule has 0 saturated heterocycles. The van der Waals surface area contributed by atoms with Crippen molar-refractivity contribution in [1.82, 2.24) is 9.78 Å². The van der Waals surface area contributed by atoms with Gasteiger partial charge in [0.05, 0.1) is 4.90 Å². The zero-order chi connectivity index (χ0) is 21.2. The van der Waals surface area contributed by atoms with Crippen molar-refractivity contribution in [2.45, 2.75) is 24.0 Å². The minimum atomic E-state index is -4.76. The molecule has 10 heteroatoms. The first-order valence-corrected chi connectivity index (χ1v) is 10.2. The van der Waals surface area contributed by atoms with Gasteiger partial charge in [0.15, 0.2) is 5.69 Å². The van der Waals surface area contributed by atoms with E-state index in [0.717, 1.165) is 4.68 Å². The van der Waals surface area contributed by atoms with Crippen LogP contribution in [0.4, 0.5) is 13.2 Å². The lowest BCUT2D eigenvalue weighted by molar-refractivity contribution is -0.143. The smallest absolute Gasteiger partial charge is 0.396 e. The van der Waals surface area contributed by atoms with Crippen LogP contribution in [0.1, 0.15) is 12.1 Å². The number of halogens is 3. The Kier molecular flexibility index (Phi) is 5.78. The van der Waals surface area contributed by atoms with Gasteiger partial charge in [-0.3, -0.25) is 4.68 Å². The Morgan fingerprint density at radius 3 is 2.24 bits per heavy atom. The Bertz CT molecular complexity index is 1110. The van der Waals surface area contributed by atoms with Crippen LogP contribution < -0.4 is 5.14 Å². The van der Waals surface area contributed by atoms with Gasteiger partial charge < -0.3 is 5.11 Å². The number of aryl methyl sites for hydroxylation is 1. The number of sulfonamides is 1. The fraction of sp³-hybridized carbons (Fsp3) is 0.211. The quantitative estimate of drug-likeness (QED) is 0.633. The van der Waals surface area contributed by atoms with E-state index in [1.165, 1.54) is 36.4 Å². The normalized spacial score (nSPS) is 12.3. The van der Waals surface area contributed by atoms with Gasteiger partial charge in [-0.05, 0) is 18.1 Å². The summed E-state index contributed by atoms with van der Waals surface area (Å²) in [6, 6.07) is 13.3. The number of aromatic nitrogens is 2. The first-order chi connectivity index (χ1) is 13.6. The molecule has 0 unspecified atom stereocenters. The van der Waals surface area contributed by atoms with Crippen molar-refractivity contribution in [3.05, 3.63) is 60.3 Å². The number of aliphatic hydroxyl groups is 1. The van der Waals surface area contributed by atoms with E-state index >= 15 is 0 Å². The van der Waals surface area contributed by atoms with Gasteiger partial charge in [-0.25, -0.2) is 13.6 Å². The third kappa shape index (κ3) is 4.34. The van der Waals surface area contributed by atoms with Crippen molar-refractivity contribution in [3.63, 3.8) is 0 Å². The average molecular weight is 425 g/mol. The van der Waals surface area contributed by atoms with Crippen LogP contribution in [0.2, 0.25) is 0 Å². The number of primary sulfonamides is 1. The predicted octanol–water partition coefficient (Wildman–Crippen LogP) is 3.27. The third-order valence-electron chi connectivity index (χ3n) is 4.26. The highest BCUT2D eigenvalue weighted by molar-refractivity contribution is 7.89. The van der Waals surface area contributed by atoms with E-state index in [4.69, 9.17) is 10.2 Å². The van der Waals surface area contributed by atoms with Gasteiger partial charge in [0.2, 0.25) is 10.0 Å². The molecule has 1 aromatic heterocycles. The molecule has 29 heavy (non-hydrogen) atoms. The fourth-order valence-electron chi connectivity index (χ4n) is 3.11. The number of nitrogens with two attached hydrogens (primary N) is 1. The molecule has 0 radical (unpaired) electrons. The molecule has 3 aromatic rings. The molecule has 0 aliphatic carbocycles. The lowest BCUT2D eigenvalue weighted by atomic mass is 9.98. The minimum absolute atomic E-state index is 0.0258. The molecule has 6 nitrogen and oxygen atoms in total. The van der Waals surface area contributed by atoms with Crippen molar-refractivity contribution >= 4 is 10.0 Å². The Morgan fingerprint density at radius 2 is 1.66 bits per heavy atom. The number of hydrogen-bond acceptors (Lipinski definition) is 4. The zero-order valence-electron chi connectivity index (χ0n) is 15.1. The van der Waals surface area contributed by atoms with Crippen molar-refractivity contribution in [2.24, 2.45) is 5.14 Å². The standard InChI is InChI=1S/C19H18F3N3O3S/c20-19(21,22)18-16(13-7-2-1-3-8-13)17(24-25(18)11-6-12-26)14-9-4-5-10-15(14)29(23,27)28/h1-5,7-10,26H,6,11-12H2,(H2,23,27,28). The van der Waals surface area contributed by atoms with Gasteiger partial charge in [0.1, 0.15) is 5.69 Å². The van der Waals surface area contributed by atoms with Crippen molar-refractivity contribution in [1.29, 1.82) is 0 Å². The van der Waals surface area contributed by atoms with Crippen LogP contribution in [0.15, 0.2) is 59.5 Å². The Hall–Kier alpha value is -2.69. The maximum Gasteiger partial charge on any atom is 0.433 e. The topological polar surface area (TPSA) is 98.2 Å². The zero-order valence-corrected chi connectivity index (χ0v) is 15.9. The summed E-state index contributed by atoms with van der Waals surface area (Å²) in [5.74, 6) is 0. The first kappa shape index (κ1) is 21.0. The van der Waals surface area contributed by atoms with Crippen LogP contribution in [0.5, 0.6) is 0 Å². The third-order valence-corrected chi connectivity index (χ3v) is 5.23. The van der Waals surface area contributed by atoms with Crippen LogP contribution in [0.25, 0.3) is 22.4 Å². The molecule has 0 amide bonds. The second-order valence-electron chi connectivity index (χ2n) is 6.28. The van der Waals surface area contributed by atoms with Gasteiger partial charge in [-0.2, -0.15) is 18.3 Å². The van der Waals surface area contributed by atoms with Crippen molar-refractivity contribution < 1.29 is 26.7 Å². The Balaban J connectivity index is 2.41. The van der Waals surface area contributed by atoms with Gasteiger partial charge in [0, 0.05) is 24.3 Å². The lowest BCUT2D eigenvalue weighted by Gasteiger charge is -2.13. The summed E-state index contributed by atoms with van der Waals surface area (Å²) >= 11 is 0. The van der Waals surface area contributed by atoms with E-state index in [-0.39, 0.29) is 46.9 Å². The molecule has 0 saturated carbocycles. The second-order valence-corrected chi connectivity index (χ2v) is 7.81. The summed E-state index contributed by atoms with van der Waals surface area (Å²) in [5.41, 5.74) is -1.20. The van der Waals surface area contributed by atoms with E-state index in [1.807, 2.05) is 0 Å². The minimum Gasteiger partial charge on any atom is -0.396 e. The molecule has 0 spiro atoms. The van der Waals surface area contributed by atoms with Crippen LogP contribution in [-0.2, 0) is 22.7 Å². The SMILES string of the molecule is NS(=O)(=O)c1ccccc1-c1nn(CCCO)c(C(F)(F)F)c1-c1ccccc1. The number of hydrogen-bond donors (Lipinski definition) is 2. The molecule has 3 rings (SSSR count). The van der Waals surface area contributed by atoms with Gasteiger partial charge >= 0.3 is 6.18 Å². The van der Waals surface area contributed by atoms with E-state index < -0.39 is 21.9 Å². The summed E-state index contributed by atoms with van der Waals surface area (Å²) in [4.78, 5) is -0.322. The molecule has 0 aliphatic heterocycles. The van der Waals surface area contributed by atoms with Crippen LogP contribution in [0.3, 0.4) is 0 Å². The number of aliphatic hydroxyl groups excluding tert-OH is 1. The summed E-state index contributed by atoms with van der Waals surface area (Å²) in [6.07, 6.45) is -4.71. The number of nitrogens with zero attached hydrogens (tertiary/aromatic N) is 2. The van der Waals surface area contributed by atoms with Gasteiger partial charge in [-0.15, -0.1) is 0 Å². The highest BCUT2D eigenvalue weighted by atomic mass is 32.2. The molecule has 3 N–H and O–H groups in total. The Labute approximate surface area is 165 Å². The van der Waals surface area contributed by atoms with E-state index in [1.54, 1.807) is 18.2 Å². The van der Waals surface area contributed by atoms with E-state index in [0.29, 0.717) is 0 Å². The lowest BCUT2D eigenvalue weighted by Crippen LogP contribution is -2.16. The second kappa shape index (κ2) is 7.97. The molecule has 0 fully saturated rings. The van der Waals surface area contributed by atoms with Crippen molar-refractivity contribution in [2.75, 3.05) is 6.61 Å². The molecular weight excluding hydrogens is 407 g/mol. The summed E-state index contributed by atoms with van der Waals surface area (Å²) < 4.78 is 66.9. The molecular formula is C19H18F3N3O3S. The predicted molar refractivity (Wildman–Crippen MR) is 101 cm³/mol. The van der Waals surface area contributed by atoms with E-state index in [9.17, 15) is 21.6 Å². The average Bonchev–Trinajstić information content (AvgIpc) is 3.06. The van der Waals surface area contributed by atoms with E-state index in [2.05, 4.69) is 5.10 Å². The molecule has 0 aliphatic rings. The summed E-state index contributed by atoms with van der Waals surface area (Å²) in [7, 11) is -4.21. The molecule has 1 heterocycles. The largest absolute Gasteiger partial charge is 0.433 e. The highest BCUT2D eigenvalue weighted by Gasteiger charge is 2.41. The molecule has 0 bridgehead atoms. The number of rotatable bonds is 6. The molecule has 154 valence electrons. The number of benzene rings is 2. The molecule has 2 aromatic carbocycles. The summed E-state index contributed by atoms with van der Waals surface area (Å²) in [5, 5.41) is 18.4. The highest BCUT2D eigenvalue weighted by Crippen LogP contribution is 2.43. The maximum atomic E-state index is 14.0. The van der Waals surface area contributed by atoms with Crippen LogP contribution in [-0.4, -0.2) is 29.9 Å². The van der Waals surface area contributed by atoms with Crippen LogP contribution >= 0.6 is 0 Å². The number of alkyl halides is 3. The summed E-state index contributed by atoms with van der Waals surface area (Å²) in [6.45, 7) is -0.510. The molecule has 0 atom stereocenters.